The fourth-order valence-electron chi connectivity index (χ4n) is 3.69. The molecule has 3 N–H and O–H groups in total. The van der Waals surface area contributed by atoms with Crippen LogP contribution in [0.15, 0.2) is 47.1 Å². The molecule has 0 bridgehead atoms. The Morgan fingerprint density at radius 2 is 1.82 bits per heavy atom. The van der Waals surface area contributed by atoms with Crippen LogP contribution < -0.4 is 4.74 Å². The Morgan fingerprint density at radius 3 is 2.58 bits per heavy atom. The molecule has 33 heavy (non-hydrogen) atoms. The molecule has 0 unspecified atom stereocenters. The molecule has 2 aromatic carbocycles. The number of hydrogen-bond acceptors (Lipinski definition) is 8. The maximum atomic E-state index is 13.3. The average molecular weight is 455 g/mol. The Balaban J connectivity index is 1.53. The van der Waals surface area contributed by atoms with Gasteiger partial charge in [0.2, 0.25) is 0 Å². The van der Waals surface area contributed by atoms with Crippen LogP contribution in [0.2, 0.25) is 0 Å². The predicted molar refractivity (Wildman–Crippen MR) is 115 cm³/mol. The van der Waals surface area contributed by atoms with Crippen LogP contribution >= 0.6 is 0 Å². The number of hydrogen-bond donors (Lipinski definition) is 3. The van der Waals surface area contributed by atoms with Gasteiger partial charge in [0.1, 0.15) is 16.8 Å². The minimum absolute atomic E-state index is 0.0555. The maximum Gasteiger partial charge on any atom is 0.303 e. The van der Waals surface area contributed by atoms with Crippen molar-refractivity contribution in [3.05, 3.63) is 53.6 Å². The van der Waals surface area contributed by atoms with Crippen molar-refractivity contribution < 1.29 is 34.3 Å². The third-order valence-electron chi connectivity index (χ3n) is 5.51. The lowest BCUT2D eigenvalue weighted by molar-refractivity contribution is -0.259. The molecule has 3 aromatic rings. The summed E-state index contributed by atoms with van der Waals surface area (Å²) in [5, 5.41) is 38.6. The second-order valence-electron chi connectivity index (χ2n) is 8.06. The largest absolute Gasteiger partial charge is 0.493 e. The lowest BCUT2D eigenvalue weighted by Gasteiger charge is -2.36. The molecule has 1 heterocycles. The van der Waals surface area contributed by atoms with Crippen molar-refractivity contribution in [3.63, 3.8) is 0 Å². The number of rotatable bonds is 11. The van der Waals surface area contributed by atoms with Crippen LogP contribution in [0.3, 0.4) is 0 Å². The zero-order chi connectivity index (χ0) is 23.4. The van der Waals surface area contributed by atoms with E-state index >= 15 is 0 Å². The standard InChI is InChI=1S/C23H25N3O7/c27-21(28)8-2-1-5-13-32-20-7-4-3-6-17(20)23(30,31)26(16-10-11-16)22(29)15-9-12-18-19(14-15)25-33-24-18/h3-4,6-7,9,12,14,16,30-31H,1-2,5,8,10-11,13H2,(H,27,28). The number of carboxylic acid groups (broad SMARTS) is 1. The molecule has 1 aliphatic carbocycles. The summed E-state index contributed by atoms with van der Waals surface area (Å²) in [7, 11) is 0. The van der Waals surface area contributed by atoms with E-state index in [1.54, 1.807) is 30.3 Å². The summed E-state index contributed by atoms with van der Waals surface area (Å²) in [6.45, 7) is 0.278. The number of para-hydroxylation sites is 1. The number of benzene rings is 2. The van der Waals surface area contributed by atoms with Gasteiger partial charge in [0, 0.05) is 18.0 Å². The molecule has 1 saturated carbocycles. The number of aromatic nitrogens is 2. The quantitative estimate of drug-likeness (QED) is 0.293. The van der Waals surface area contributed by atoms with Gasteiger partial charge in [-0.05, 0) is 72.7 Å². The number of fused-ring (bicyclic) bond motifs is 1. The number of carbonyl (C=O) groups is 2. The van der Waals surface area contributed by atoms with Gasteiger partial charge in [-0.15, -0.1) is 0 Å². The van der Waals surface area contributed by atoms with Crippen molar-refractivity contribution >= 4 is 22.9 Å². The van der Waals surface area contributed by atoms with Gasteiger partial charge in [-0.3, -0.25) is 14.5 Å². The molecule has 0 saturated heterocycles. The highest BCUT2D eigenvalue weighted by Gasteiger charge is 2.48. The number of amides is 1. The first-order valence-corrected chi connectivity index (χ1v) is 10.8. The van der Waals surface area contributed by atoms with Crippen LogP contribution in [0.1, 0.15) is 54.4 Å². The monoisotopic (exact) mass is 455 g/mol. The number of carboxylic acids is 1. The van der Waals surface area contributed by atoms with Gasteiger partial charge in [0.15, 0.2) is 0 Å². The summed E-state index contributed by atoms with van der Waals surface area (Å²) < 4.78 is 10.5. The fraction of sp³-hybridized carbons (Fsp3) is 0.391. The predicted octanol–water partition coefficient (Wildman–Crippen LogP) is 2.65. The van der Waals surface area contributed by atoms with Crippen LogP contribution in [0.5, 0.6) is 5.75 Å². The van der Waals surface area contributed by atoms with E-state index in [2.05, 4.69) is 14.9 Å². The van der Waals surface area contributed by atoms with Gasteiger partial charge in [-0.25, -0.2) is 4.63 Å². The third-order valence-corrected chi connectivity index (χ3v) is 5.51. The molecule has 0 atom stereocenters. The average Bonchev–Trinajstić information content (AvgIpc) is 3.50. The Hall–Kier alpha value is -3.50. The minimum Gasteiger partial charge on any atom is -0.493 e. The normalized spacial score (nSPS) is 13.8. The third kappa shape index (κ3) is 5.12. The molecule has 1 aliphatic rings. The molecule has 1 amide bonds. The number of aliphatic hydroxyl groups is 2. The van der Waals surface area contributed by atoms with Crippen LogP contribution in [0.4, 0.5) is 0 Å². The molecule has 0 spiro atoms. The van der Waals surface area contributed by atoms with Gasteiger partial charge in [0.05, 0.1) is 12.2 Å². The van der Waals surface area contributed by atoms with E-state index in [0.717, 1.165) is 4.90 Å². The minimum atomic E-state index is -2.60. The summed E-state index contributed by atoms with van der Waals surface area (Å²) in [6.07, 6.45) is 3.22. The van der Waals surface area contributed by atoms with Crippen molar-refractivity contribution in [2.24, 2.45) is 0 Å². The van der Waals surface area contributed by atoms with E-state index in [4.69, 9.17) is 9.84 Å². The summed E-state index contributed by atoms with van der Waals surface area (Å²) in [4.78, 5) is 25.0. The van der Waals surface area contributed by atoms with E-state index in [1.165, 1.54) is 12.1 Å². The molecule has 0 aliphatic heterocycles. The van der Waals surface area contributed by atoms with Crippen molar-refractivity contribution in [1.29, 1.82) is 0 Å². The number of nitrogens with zero attached hydrogens (tertiary/aromatic N) is 3. The summed E-state index contributed by atoms with van der Waals surface area (Å²) in [6, 6.07) is 10.8. The van der Waals surface area contributed by atoms with Crippen molar-refractivity contribution in [3.8, 4) is 5.75 Å². The maximum absolute atomic E-state index is 13.3. The highest BCUT2D eigenvalue weighted by Crippen LogP contribution is 2.40. The summed E-state index contributed by atoms with van der Waals surface area (Å²) in [5.74, 6) is -3.75. The Labute approximate surface area is 189 Å². The van der Waals surface area contributed by atoms with Gasteiger partial charge in [-0.2, -0.15) is 0 Å². The SMILES string of the molecule is O=C(O)CCCCCOc1ccccc1C(O)(O)N(C(=O)c1ccc2nonc2c1)C1CC1. The molecule has 174 valence electrons. The highest BCUT2D eigenvalue weighted by atomic mass is 16.6. The van der Waals surface area contributed by atoms with E-state index in [-0.39, 0.29) is 35.9 Å². The van der Waals surface area contributed by atoms with E-state index < -0.39 is 17.8 Å². The van der Waals surface area contributed by atoms with Crippen LogP contribution in [-0.2, 0) is 10.7 Å². The van der Waals surface area contributed by atoms with Gasteiger partial charge >= 0.3 is 5.97 Å². The van der Waals surface area contributed by atoms with Gasteiger partial charge in [0.25, 0.3) is 11.8 Å². The van der Waals surface area contributed by atoms with Crippen LogP contribution in [-0.4, -0.2) is 55.1 Å². The second kappa shape index (κ2) is 9.55. The molecule has 10 nitrogen and oxygen atoms in total. The zero-order valence-electron chi connectivity index (χ0n) is 17.9. The number of carbonyl (C=O) groups excluding carboxylic acids is 1. The molecular weight excluding hydrogens is 430 g/mol. The van der Waals surface area contributed by atoms with E-state index in [1.807, 2.05) is 0 Å². The topological polar surface area (TPSA) is 146 Å². The molecule has 1 fully saturated rings. The first-order valence-electron chi connectivity index (χ1n) is 10.8. The first kappa shape index (κ1) is 22.7. The van der Waals surface area contributed by atoms with Crippen LogP contribution in [0.25, 0.3) is 11.0 Å². The Kier molecular flexibility index (Phi) is 6.57. The number of unbranched alkanes of at least 4 members (excludes halogenated alkanes) is 2. The lowest BCUT2D eigenvalue weighted by Crippen LogP contribution is -2.51. The first-order chi connectivity index (χ1) is 15.9. The Bertz CT molecular complexity index is 1140. The lowest BCUT2D eigenvalue weighted by atomic mass is 10.1. The fourth-order valence-corrected chi connectivity index (χ4v) is 3.69. The smallest absolute Gasteiger partial charge is 0.303 e. The van der Waals surface area contributed by atoms with E-state index in [0.29, 0.717) is 43.1 Å². The van der Waals surface area contributed by atoms with Crippen molar-refractivity contribution in [2.75, 3.05) is 6.61 Å². The summed E-state index contributed by atoms with van der Waals surface area (Å²) >= 11 is 0. The van der Waals surface area contributed by atoms with Gasteiger partial charge in [-0.1, -0.05) is 12.1 Å². The van der Waals surface area contributed by atoms with Crippen LogP contribution in [0, 0.1) is 0 Å². The number of aliphatic carboxylic acids is 1. The number of ether oxygens (including phenoxy) is 1. The van der Waals surface area contributed by atoms with E-state index in [9.17, 15) is 19.8 Å². The van der Waals surface area contributed by atoms with Crippen molar-refractivity contribution in [2.45, 2.75) is 50.5 Å². The molecular formula is C23H25N3O7. The summed E-state index contributed by atoms with van der Waals surface area (Å²) in [5.41, 5.74) is 1.17. The van der Waals surface area contributed by atoms with Crippen molar-refractivity contribution in [1.82, 2.24) is 15.2 Å². The molecule has 1 aromatic heterocycles. The molecule has 10 heteroatoms. The molecule has 0 radical (unpaired) electrons. The Morgan fingerprint density at radius 1 is 1.06 bits per heavy atom. The highest BCUT2D eigenvalue weighted by molar-refractivity contribution is 5.97. The second-order valence-corrected chi connectivity index (χ2v) is 8.06. The van der Waals surface area contributed by atoms with Gasteiger partial charge < -0.3 is 20.1 Å². The zero-order valence-corrected chi connectivity index (χ0v) is 17.9. The molecule has 4 rings (SSSR count).